The molecular formula is C14H16N2O5. The van der Waals surface area contributed by atoms with Crippen LogP contribution in [-0.4, -0.2) is 42.4 Å². The van der Waals surface area contributed by atoms with Crippen LogP contribution in [0.4, 0.5) is 4.79 Å². The highest BCUT2D eigenvalue weighted by Gasteiger charge is 2.22. The number of carboxylic acids is 1. The summed E-state index contributed by atoms with van der Waals surface area (Å²) in [4.78, 5) is 25.5. The summed E-state index contributed by atoms with van der Waals surface area (Å²) < 4.78 is 9.59. The lowest BCUT2D eigenvalue weighted by atomic mass is 10.0. The Morgan fingerprint density at radius 2 is 2.14 bits per heavy atom. The molecule has 3 N–H and O–H groups in total. The van der Waals surface area contributed by atoms with Gasteiger partial charge >= 0.3 is 12.1 Å². The van der Waals surface area contributed by atoms with E-state index in [0.717, 1.165) is 16.5 Å². The number of carbonyl (C=O) groups is 2. The van der Waals surface area contributed by atoms with Crippen molar-refractivity contribution in [2.75, 3.05) is 14.2 Å². The van der Waals surface area contributed by atoms with Crippen LogP contribution >= 0.6 is 0 Å². The van der Waals surface area contributed by atoms with Crippen molar-refractivity contribution in [1.82, 2.24) is 10.3 Å². The number of aromatic nitrogens is 1. The third-order valence-corrected chi connectivity index (χ3v) is 3.17. The van der Waals surface area contributed by atoms with Gasteiger partial charge in [-0.25, -0.2) is 9.59 Å². The van der Waals surface area contributed by atoms with Crippen molar-refractivity contribution in [3.05, 3.63) is 30.0 Å². The van der Waals surface area contributed by atoms with Crippen LogP contribution in [0.5, 0.6) is 5.75 Å². The van der Waals surface area contributed by atoms with Crippen LogP contribution in [0.2, 0.25) is 0 Å². The SMILES string of the molecule is COC(=O)NC(Cc1c[nH]c2ccc(OC)cc12)C(=O)O. The third-order valence-electron chi connectivity index (χ3n) is 3.17. The number of ether oxygens (including phenoxy) is 2. The quantitative estimate of drug-likeness (QED) is 0.776. The van der Waals surface area contributed by atoms with Crippen LogP contribution in [0.25, 0.3) is 10.9 Å². The maximum Gasteiger partial charge on any atom is 0.407 e. The number of hydrogen-bond acceptors (Lipinski definition) is 4. The summed E-state index contributed by atoms with van der Waals surface area (Å²) in [5.74, 6) is -0.450. The van der Waals surface area contributed by atoms with E-state index in [1.54, 1.807) is 13.3 Å². The van der Waals surface area contributed by atoms with E-state index < -0.39 is 18.1 Å². The Morgan fingerprint density at radius 3 is 2.76 bits per heavy atom. The zero-order valence-electron chi connectivity index (χ0n) is 11.7. The maximum absolute atomic E-state index is 11.2. The fourth-order valence-electron chi connectivity index (χ4n) is 2.07. The van der Waals surface area contributed by atoms with Crippen LogP contribution in [0.1, 0.15) is 5.56 Å². The molecule has 2 rings (SSSR count). The number of carboxylic acid groups (broad SMARTS) is 1. The molecule has 1 aromatic heterocycles. The molecule has 0 radical (unpaired) electrons. The number of alkyl carbamates (subject to hydrolysis) is 1. The zero-order valence-corrected chi connectivity index (χ0v) is 11.7. The Morgan fingerprint density at radius 1 is 1.38 bits per heavy atom. The van der Waals surface area contributed by atoms with Crippen molar-refractivity contribution in [3.63, 3.8) is 0 Å². The molecule has 0 spiro atoms. The summed E-state index contributed by atoms with van der Waals surface area (Å²) in [5, 5.41) is 12.3. The van der Waals surface area contributed by atoms with E-state index >= 15 is 0 Å². The topological polar surface area (TPSA) is 101 Å². The molecule has 1 amide bonds. The van der Waals surface area contributed by atoms with E-state index in [1.807, 2.05) is 18.2 Å². The molecule has 0 saturated carbocycles. The lowest BCUT2D eigenvalue weighted by Crippen LogP contribution is -2.42. The van der Waals surface area contributed by atoms with Gasteiger partial charge in [-0.05, 0) is 23.8 Å². The second kappa shape index (κ2) is 6.17. The minimum atomic E-state index is -1.13. The smallest absolute Gasteiger partial charge is 0.407 e. The molecule has 21 heavy (non-hydrogen) atoms. The number of fused-ring (bicyclic) bond motifs is 1. The largest absolute Gasteiger partial charge is 0.497 e. The van der Waals surface area contributed by atoms with Crippen molar-refractivity contribution in [3.8, 4) is 5.75 Å². The van der Waals surface area contributed by atoms with Crippen LogP contribution < -0.4 is 10.1 Å². The molecule has 1 heterocycles. The van der Waals surface area contributed by atoms with E-state index in [4.69, 9.17) is 4.74 Å². The Balaban J connectivity index is 2.28. The van der Waals surface area contributed by atoms with Crippen LogP contribution in [-0.2, 0) is 16.0 Å². The van der Waals surface area contributed by atoms with Gasteiger partial charge in [0.2, 0.25) is 0 Å². The standard InChI is InChI=1S/C14H16N2O5/c1-20-9-3-4-11-10(6-9)8(7-15-11)5-12(13(17)18)16-14(19)21-2/h3-4,6-7,12,15H,5H2,1-2H3,(H,16,19)(H,17,18). The second-order valence-corrected chi connectivity index (χ2v) is 4.46. The summed E-state index contributed by atoms with van der Waals surface area (Å²) in [6.07, 6.45) is 1.08. The molecule has 1 aromatic carbocycles. The molecule has 0 saturated heterocycles. The summed E-state index contributed by atoms with van der Waals surface area (Å²) in [5.41, 5.74) is 1.64. The van der Waals surface area contributed by atoms with Crippen molar-refractivity contribution in [2.24, 2.45) is 0 Å². The summed E-state index contributed by atoms with van der Waals surface area (Å²) >= 11 is 0. The molecule has 112 valence electrons. The van der Waals surface area contributed by atoms with Crippen LogP contribution in [0.3, 0.4) is 0 Å². The van der Waals surface area contributed by atoms with Crippen molar-refractivity contribution >= 4 is 23.0 Å². The predicted octanol–water partition coefficient (Wildman–Crippen LogP) is 1.53. The number of H-pyrrole nitrogens is 1. The number of amides is 1. The third kappa shape index (κ3) is 3.25. The molecule has 0 bridgehead atoms. The van der Waals surface area contributed by atoms with Gasteiger partial charge in [-0.15, -0.1) is 0 Å². The summed E-state index contributed by atoms with van der Waals surface area (Å²) in [6.45, 7) is 0. The van der Waals surface area contributed by atoms with Crippen molar-refractivity contribution < 1.29 is 24.2 Å². The van der Waals surface area contributed by atoms with E-state index in [9.17, 15) is 14.7 Å². The van der Waals surface area contributed by atoms with Crippen molar-refractivity contribution in [1.29, 1.82) is 0 Å². The molecular weight excluding hydrogens is 276 g/mol. The van der Waals surface area contributed by atoms with Gasteiger partial charge in [-0.1, -0.05) is 0 Å². The molecule has 0 fully saturated rings. The summed E-state index contributed by atoms with van der Waals surface area (Å²) in [6, 6.07) is 4.41. The van der Waals surface area contributed by atoms with Gasteiger partial charge in [0.05, 0.1) is 14.2 Å². The van der Waals surface area contributed by atoms with Crippen molar-refractivity contribution in [2.45, 2.75) is 12.5 Å². The molecule has 1 atom stereocenters. The number of hydrogen-bond donors (Lipinski definition) is 3. The predicted molar refractivity (Wildman–Crippen MR) is 75.5 cm³/mol. The molecule has 2 aromatic rings. The number of methoxy groups -OCH3 is 2. The van der Waals surface area contributed by atoms with E-state index in [0.29, 0.717) is 5.75 Å². The van der Waals surface area contributed by atoms with Gasteiger partial charge in [0.1, 0.15) is 11.8 Å². The maximum atomic E-state index is 11.2. The average Bonchev–Trinajstić information content (AvgIpc) is 2.88. The number of aromatic amines is 1. The van der Waals surface area contributed by atoms with Gasteiger partial charge in [-0.2, -0.15) is 0 Å². The monoisotopic (exact) mass is 292 g/mol. The van der Waals surface area contributed by atoms with Gasteiger partial charge in [0.25, 0.3) is 0 Å². The van der Waals surface area contributed by atoms with Gasteiger partial charge in [0, 0.05) is 23.5 Å². The number of aliphatic carboxylic acids is 1. The number of carbonyl (C=O) groups excluding carboxylic acids is 1. The molecule has 7 nitrogen and oxygen atoms in total. The highest BCUT2D eigenvalue weighted by Crippen LogP contribution is 2.24. The van der Waals surface area contributed by atoms with Crippen LogP contribution in [0.15, 0.2) is 24.4 Å². The summed E-state index contributed by atoms with van der Waals surface area (Å²) in [7, 11) is 2.75. The molecule has 0 aliphatic rings. The first-order chi connectivity index (χ1) is 10.0. The molecule has 7 heteroatoms. The first-order valence-electron chi connectivity index (χ1n) is 6.26. The fraction of sp³-hybridized carbons (Fsp3) is 0.286. The normalized spacial score (nSPS) is 11.9. The van der Waals surface area contributed by atoms with E-state index in [2.05, 4.69) is 15.0 Å². The minimum Gasteiger partial charge on any atom is -0.497 e. The number of nitrogens with one attached hydrogen (secondary N) is 2. The van der Waals surface area contributed by atoms with Gasteiger partial charge in [0.15, 0.2) is 0 Å². The molecule has 0 aliphatic carbocycles. The molecule has 1 unspecified atom stereocenters. The average molecular weight is 292 g/mol. The van der Waals surface area contributed by atoms with Crippen LogP contribution in [0, 0.1) is 0 Å². The first kappa shape index (κ1) is 14.7. The number of benzene rings is 1. The van der Waals surface area contributed by atoms with Gasteiger partial charge < -0.3 is 24.9 Å². The highest BCUT2D eigenvalue weighted by atomic mass is 16.5. The Labute approximate surface area is 120 Å². The highest BCUT2D eigenvalue weighted by molar-refractivity contribution is 5.86. The lowest BCUT2D eigenvalue weighted by Gasteiger charge is -2.13. The second-order valence-electron chi connectivity index (χ2n) is 4.46. The van der Waals surface area contributed by atoms with Gasteiger partial charge in [-0.3, -0.25) is 0 Å². The number of rotatable bonds is 5. The molecule has 0 aliphatic heterocycles. The minimum absolute atomic E-state index is 0.137. The van der Waals surface area contributed by atoms with E-state index in [1.165, 1.54) is 7.11 Å². The fourth-order valence-corrected chi connectivity index (χ4v) is 2.07. The Kier molecular flexibility index (Phi) is 4.32. The first-order valence-corrected chi connectivity index (χ1v) is 6.26. The van der Waals surface area contributed by atoms with E-state index in [-0.39, 0.29) is 6.42 Å². The zero-order chi connectivity index (χ0) is 15.4. The Hall–Kier alpha value is -2.70. The Bertz CT molecular complexity index is 664. The lowest BCUT2D eigenvalue weighted by molar-refractivity contribution is -0.139.